The molecular formula is C23H23FN2O4. The molecule has 1 amide bonds. The quantitative estimate of drug-likeness (QED) is 0.675. The van der Waals surface area contributed by atoms with Gasteiger partial charge in [-0.2, -0.15) is 0 Å². The van der Waals surface area contributed by atoms with Gasteiger partial charge in [0.1, 0.15) is 11.6 Å². The third-order valence-corrected chi connectivity index (χ3v) is 5.33. The van der Waals surface area contributed by atoms with Gasteiger partial charge < -0.3 is 19.4 Å². The first-order valence-electron chi connectivity index (χ1n) is 9.90. The molecule has 0 saturated carbocycles. The Hall–Kier alpha value is -3.19. The van der Waals surface area contributed by atoms with Gasteiger partial charge in [0.25, 0.3) is 11.5 Å². The van der Waals surface area contributed by atoms with Crippen LogP contribution in [0.3, 0.4) is 0 Å². The maximum Gasteiger partial charge on any atom is 0.257 e. The van der Waals surface area contributed by atoms with Crippen LogP contribution in [0.2, 0.25) is 0 Å². The average Bonchev–Trinajstić information content (AvgIpc) is 3.26. The topological polar surface area (TPSA) is 71.6 Å². The molecule has 156 valence electrons. The number of aromatic nitrogens is 1. The lowest BCUT2D eigenvalue weighted by Crippen LogP contribution is -2.38. The summed E-state index contributed by atoms with van der Waals surface area (Å²) in [7, 11) is 1.56. The Morgan fingerprint density at radius 1 is 1.27 bits per heavy atom. The number of H-pyrrole nitrogens is 1. The van der Waals surface area contributed by atoms with Gasteiger partial charge in [-0.05, 0) is 48.6 Å². The van der Waals surface area contributed by atoms with E-state index in [1.54, 1.807) is 37.4 Å². The number of nitrogens with one attached hydrogen (secondary N) is 1. The van der Waals surface area contributed by atoms with E-state index in [-0.39, 0.29) is 23.8 Å². The first kappa shape index (κ1) is 20.1. The van der Waals surface area contributed by atoms with Gasteiger partial charge >= 0.3 is 0 Å². The number of amides is 1. The highest BCUT2D eigenvalue weighted by Crippen LogP contribution is 2.21. The minimum Gasteiger partial charge on any atom is -0.497 e. The Morgan fingerprint density at radius 3 is 2.83 bits per heavy atom. The van der Waals surface area contributed by atoms with Crippen LogP contribution in [0.15, 0.2) is 53.3 Å². The zero-order chi connectivity index (χ0) is 21.1. The van der Waals surface area contributed by atoms with E-state index in [9.17, 15) is 14.0 Å². The van der Waals surface area contributed by atoms with E-state index >= 15 is 0 Å². The van der Waals surface area contributed by atoms with Gasteiger partial charge in [-0.1, -0.05) is 12.1 Å². The lowest BCUT2D eigenvalue weighted by atomic mass is 10.1. The van der Waals surface area contributed by atoms with Crippen molar-refractivity contribution in [1.29, 1.82) is 0 Å². The van der Waals surface area contributed by atoms with Gasteiger partial charge in [0, 0.05) is 24.8 Å². The molecule has 1 fully saturated rings. The number of hydrogen-bond donors (Lipinski definition) is 1. The molecule has 0 radical (unpaired) electrons. The van der Waals surface area contributed by atoms with Crippen molar-refractivity contribution in [3.63, 3.8) is 0 Å². The van der Waals surface area contributed by atoms with Gasteiger partial charge in [0.15, 0.2) is 0 Å². The zero-order valence-corrected chi connectivity index (χ0v) is 16.7. The third kappa shape index (κ3) is 4.21. The predicted molar refractivity (Wildman–Crippen MR) is 111 cm³/mol. The van der Waals surface area contributed by atoms with Crippen LogP contribution in [0.25, 0.3) is 10.9 Å². The maximum atomic E-state index is 14.3. The fourth-order valence-corrected chi connectivity index (χ4v) is 3.73. The number of halogens is 1. The van der Waals surface area contributed by atoms with Gasteiger partial charge in [-0.15, -0.1) is 0 Å². The standard InChI is InChI=1S/C23H23FN2O4/c1-29-17-9-8-15-11-16(22(27)25-21(15)12-17)13-26(14-18-5-4-10-30-18)23(28)19-6-2-3-7-20(19)24/h2-3,6-9,11-12,18H,4-5,10,13-14H2,1H3,(H,25,27)/t18-/m0/s1. The summed E-state index contributed by atoms with van der Waals surface area (Å²) in [6, 6.07) is 13.0. The van der Waals surface area contributed by atoms with Crippen molar-refractivity contribution in [1.82, 2.24) is 9.88 Å². The Labute approximate surface area is 173 Å². The van der Waals surface area contributed by atoms with E-state index in [1.165, 1.54) is 17.0 Å². The summed E-state index contributed by atoms with van der Waals surface area (Å²) >= 11 is 0. The van der Waals surface area contributed by atoms with Crippen LogP contribution in [0, 0.1) is 5.82 Å². The molecule has 1 saturated heterocycles. The highest BCUT2D eigenvalue weighted by Gasteiger charge is 2.26. The second-order valence-corrected chi connectivity index (χ2v) is 7.38. The second-order valence-electron chi connectivity index (χ2n) is 7.38. The number of carbonyl (C=O) groups is 1. The molecule has 1 aliphatic rings. The molecule has 2 aromatic carbocycles. The van der Waals surface area contributed by atoms with Crippen molar-refractivity contribution >= 4 is 16.8 Å². The summed E-state index contributed by atoms with van der Waals surface area (Å²) in [6.07, 6.45) is 1.63. The maximum absolute atomic E-state index is 14.3. The highest BCUT2D eigenvalue weighted by atomic mass is 19.1. The predicted octanol–water partition coefficient (Wildman–Crippen LogP) is 3.50. The van der Waals surface area contributed by atoms with Crippen LogP contribution >= 0.6 is 0 Å². The monoisotopic (exact) mass is 410 g/mol. The number of nitrogens with zero attached hydrogens (tertiary/aromatic N) is 1. The highest BCUT2D eigenvalue weighted by molar-refractivity contribution is 5.94. The van der Waals surface area contributed by atoms with Gasteiger partial charge in [-0.3, -0.25) is 9.59 Å². The number of hydrogen-bond acceptors (Lipinski definition) is 4. The van der Waals surface area contributed by atoms with E-state index in [4.69, 9.17) is 9.47 Å². The van der Waals surface area contributed by atoms with Crippen LogP contribution in [0.4, 0.5) is 4.39 Å². The molecule has 0 unspecified atom stereocenters. The van der Waals surface area contributed by atoms with Crippen LogP contribution in [-0.2, 0) is 11.3 Å². The first-order valence-corrected chi connectivity index (χ1v) is 9.90. The molecule has 3 aromatic rings. The van der Waals surface area contributed by atoms with Crippen LogP contribution < -0.4 is 10.3 Å². The van der Waals surface area contributed by atoms with Gasteiger partial charge in [0.2, 0.25) is 0 Å². The second kappa shape index (κ2) is 8.67. The van der Waals surface area contributed by atoms with Crippen molar-refractivity contribution in [3.8, 4) is 5.75 Å². The number of rotatable bonds is 6. The Kier molecular flexibility index (Phi) is 5.81. The number of fused-ring (bicyclic) bond motifs is 1. The van der Waals surface area contributed by atoms with Crippen molar-refractivity contribution < 1.29 is 18.7 Å². The van der Waals surface area contributed by atoms with Gasteiger partial charge in [0.05, 0.1) is 30.8 Å². The molecule has 0 aliphatic carbocycles. The minimum atomic E-state index is -0.584. The number of carbonyl (C=O) groups excluding carboxylic acids is 1. The van der Waals surface area contributed by atoms with E-state index in [0.29, 0.717) is 30.0 Å². The van der Waals surface area contributed by atoms with Crippen LogP contribution in [0.5, 0.6) is 5.75 Å². The summed E-state index contributed by atoms with van der Waals surface area (Å²) in [4.78, 5) is 30.1. The zero-order valence-electron chi connectivity index (χ0n) is 16.7. The van der Waals surface area contributed by atoms with Crippen LogP contribution in [0.1, 0.15) is 28.8 Å². The van der Waals surface area contributed by atoms with E-state index in [1.807, 2.05) is 6.07 Å². The largest absolute Gasteiger partial charge is 0.497 e. The molecule has 1 aromatic heterocycles. The fourth-order valence-electron chi connectivity index (χ4n) is 3.73. The van der Waals surface area contributed by atoms with Crippen molar-refractivity contribution in [2.75, 3.05) is 20.3 Å². The molecule has 1 aliphatic heterocycles. The van der Waals surface area contributed by atoms with E-state index in [0.717, 1.165) is 18.2 Å². The molecule has 0 bridgehead atoms. The SMILES string of the molecule is COc1ccc2cc(CN(C[C@@H]3CCCO3)C(=O)c3ccccc3F)c(=O)[nH]c2c1. The van der Waals surface area contributed by atoms with E-state index in [2.05, 4.69) is 4.98 Å². The Balaban J connectivity index is 1.67. The van der Waals surface area contributed by atoms with Crippen LogP contribution in [-0.4, -0.2) is 42.2 Å². The first-order chi connectivity index (χ1) is 14.5. The normalized spacial score (nSPS) is 16.0. The summed E-state index contributed by atoms with van der Waals surface area (Å²) in [5, 5.41) is 0.820. The number of aromatic amines is 1. The molecule has 1 N–H and O–H groups in total. The van der Waals surface area contributed by atoms with Crippen molar-refractivity contribution in [2.24, 2.45) is 0 Å². The molecule has 7 heteroatoms. The number of benzene rings is 2. The average molecular weight is 410 g/mol. The third-order valence-electron chi connectivity index (χ3n) is 5.33. The fraction of sp³-hybridized carbons (Fsp3) is 0.304. The molecule has 0 spiro atoms. The molecular weight excluding hydrogens is 387 g/mol. The molecule has 4 rings (SSSR count). The lowest BCUT2D eigenvalue weighted by molar-refractivity contribution is 0.0503. The van der Waals surface area contributed by atoms with E-state index < -0.39 is 11.7 Å². The Morgan fingerprint density at radius 2 is 2.10 bits per heavy atom. The Bertz CT molecular complexity index is 1120. The molecule has 6 nitrogen and oxygen atoms in total. The smallest absolute Gasteiger partial charge is 0.257 e. The minimum absolute atomic E-state index is 0.0162. The van der Waals surface area contributed by atoms with Gasteiger partial charge in [-0.25, -0.2) is 4.39 Å². The number of ether oxygens (including phenoxy) is 2. The molecule has 1 atom stereocenters. The summed E-state index contributed by atoms with van der Waals surface area (Å²) < 4.78 is 25.1. The summed E-state index contributed by atoms with van der Waals surface area (Å²) in [5.74, 6) is -0.405. The summed E-state index contributed by atoms with van der Waals surface area (Å²) in [5.41, 5.74) is 0.761. The van der Waals surface area contributed by atoms with Crippen molar-refractivity contribution in [2.45, 2.75) is 25.5 Å². The number of pyridine rings is 1. The lowest BCUT2D eigenvalue weighted by Gasteiger charge is -2.25. The number of methoxy groups -OCH3 is 1. The summed E-state index contributed by atoms with van der Waals surface area (Å²) in [6.45, 7) is 1.00. The molecule has 2 heterocycles. The molecule has 30 heavy (non-hydrogen) atoms. The van der Waals surface area contributed by atoms with Crippen molar-refractivity contribution in [3.05, 3.63) is 75.8 Å².